The van der Waals surface area contributed by atoms with Gasteiger partial charge in [-0.15, -0.1) is 0 Å². The molecule has 1 aliphatic heterocycles. The molecule has 1 fully saturated rings. The molecule has 33 heavy (non-hydrogen) atoms. The van der Waals surface area contributed by atoms with Crippen molar-refractivity contribution in [1.29, 1.82) is 0 Å². The summed E-state index contributed by atoms with van der Waals surface area (Å²) in [6.45, 7) is 4.15. The number of carbonyl (C=O) groups excluding carboxylic acids is 2. The Morgan fingerprint density at radius 1 is 1.09 bits per heavy atom. The lowest BCUT2D eigenvalue weighted by atomic mass is 9.95. The van der Waals surface area contributed by atoms with Gasteiger partial charge in [0.15, 0.2) is 0 Å². The summed E-state index contributed by atoms with van der Waals surface area (Å²) in [5.74, 6) is -0.319. The number of halogens is 1. The first-order valence-corrected chi connectivity index (χ1v) is 11.2. The lowest BCUT2D eigenvalue weighted by Gasteiger charge is -2.27. The van der Waals surface area contributed by atoms with Gasteiger partial charge in [0.1, 0.15) is 12.2 Å². The molecule has 0 radical (unpaired) electrons. The summed E-state index contributed by atoms with van der Waals surface area (Å²) in [4.78, 5) is 27.5. The number of aromatic nitrogens is 3. The van der Waals surface area contributed by atoms with Gasteiger partial charge in [0, 0.05) is 6.42 Å². The highest BCUT2D eigenvalue weighted by Gasteiger charge is 2.40. The maximum absolute atomic E-state index is 14.3. The third-order valence-electron chi connectivity index (χ3n) is 6.03. The zero-order valence-corrected chi connectivity index (χ0v) is 18.7. The molecule has 2 heterocycles. The van der Waals surface area contributed by atoms with Gasteiger partial charge in [-0.25, -0.2) is 4.39 Å². The first-order valence-electron chi connectivity index (χ1n) is 11.2. The smallest absolute Gasteiger partial charge is 0.243 e. The number of amides is 2. The van der Waals surface area contributed by atoms with E-state index in [4.69, 9.17) is 0 Å². The average molecular weight is 450 g/mol. The Hall–Kier alpha value is -3.55. The molecular formula is C25H28FN5O2. The fourth-order valence-electron chi connectivity index (χ4n) is 4.19. The Balaban J connectivity index is 1.56. The Morgan fingerprint density at radius 2 is 1.76 bits per heavy atom. The van der Waals surface area contributed by atoms with Crippen LogP contribution in [0.25, 0.3) is 0 Å². The highest BCUT2D eigenvalue weighted by Crippen LogP contribution is 2.27. The number of rotatable bonds is 7. The van der Waals surface area contributed by atoms with E-state index in [0.29, 0.717) is 11.6 Å². The third-order valence-corrected chi connectivity index (χ3v) is 6.03. The van der Waals surface area contributed by atoms with Crippen LogP contribution in [0.15, 0.2) is 60.8 Å². The predicted octanol–water partition coefficient (Wildman–Crippen LogP) is 3.32. The molecule has 1 aliphatic rings. The second-order valence-electron chi connectivity index (χ2n) is 8.71. The molecule has 4 rings (SSSR count). The van der Waals surface area contributed by atoms with Gasteiger partial charge in [0.2, 0.25) is 11.8 Å². The number of H-pyrrole nitrogens is 1. The average Bonchev–Trinajstić information content (AvgIpc) is 3.47. The molecule has 172 valence electrons. The topological polar surface area (TPSA) is 91.0 Å². The highest BCUT2D eigenvalue weighted by molar-refractivity contribution is 5.89. The van der Waals surface area contributed by atoms with Crippen LogP contribution in [0.2, 0.25) is 0 Å². The minimum absolute atomic E-state index is 0.0236. The maximum atomic E-state index is 14.3. The number of alkyl halides is 1. The standard InChI is InChI=1S/C25H28FN5O2/c1-16(2)17-8-10-19(11-9-17)24(18-6-4-3-5-7-18)28-25(33)22-12-20(26)15-31(22)23(32)13-21-14-27-30-29-21/h3-11,14,16,20,22,24H,12-13,15H2,1-2H3,(H,28,33)(H,27,29,30). The number of hydrogen-bond acceptors (Lipinski definition) is 4. The molecule has 7 nitrogen and oxygen atoms in total. The van der Waals surface area contributed by atoms with Crippen molar-refractivity contribution in [3.8, 4) is 0 Å². The van der Waals surface area contributed by atoms with Crippen molar-refractivity contribution in [2.24, 2.45) is 0 Å². The van der Waals surface area contributed by atoms with E-state index in [1.165, 1.54) is 16.7 Å². The van der Waals surface area contributed by atoms with Crippen molar-refractivity contribution in [1.82, 2.24) is 25.6 Å². The van der Waals surface area contributed by atoms with E-state index in [9.17, 15) is 14.0 Å². The molecule has 2 N–H and O–H groups in total. The van der Waals surface area contributed by atoms with Crippen molar-refractivity contribution in [3.05, 3.63) is 83.2 Å². The second-order valence-corrected chi connectivity index (χ2v) is 8.71. The number of nitrogens with zero attached hydrogens (tertiary/aromatic N) is 3. The van der Waals surface area contributed by atoms with Crippen molar-refractivity contribution in [2.75, 3.05) is 6.54 Å². The molecule has 1 saturated heterocycles. The fraction of sp³-hybridized carbons (Fsp3) is 0.360. The van der Waals surface area contributed by atoms with Crippen LogP contribution in [0.1, 0.15) is 54.6 Å². The molecule has 0 spiro atoms. The largest absolute Gasteiger partial charge is 0.343 e. The quantitative estimate of drug-likeness (QED) is 0.579. The summed E-state index contributed by atoms with van der Waals surface area (Å²) in [5.41, 5.74) is 3.50. The first-order chi connectivity index (χ1) is 15.9. The minimum atomic E-state index is -1.25. The monoisotopic (exact) mass is 449 g/mol. The number of carbonyl (C=O) groups is 2. The van der Waals surface area contributed by atoms with Crippen LogP contribution < -0.4 is 5.32 Å². The van der Waals surface area contributed by atoms with Crippen molar-refractivity contribution in [3.63, 3.8) is 0 Å². The summed E-state index contributed by atoms with van der Waals surface area (Å²) < 4.78 is 14.3. The van der Waals surface area contributed by atoms with E-state index >= 15 is 0 Å². The number of benzene rings is 2. The van der Waals surface area contributed by atoms with E-state index in [-0.39, 0.29) is 31.2 Å². The van der Waals surface area contributed by atoms with Crippen molar-refractivity contribution in [2.45, 2.75) is 50.9 Å². The molecule has 2 amide bonds. The molecule has 1 aromatic heterocycles. The Bertz CT molecular complexity index is 1070. The third kappa shape index (κ3) is 5.27. The number of nitrogens with one attached hydrogen (secondary N) is 2. The molecule has 0 bridgehead atoms. The van der Waals surface area contributed by atoms with E-state index in [2.05, 4.69) is 46.7 Å². The van der Waals surface area contributed by atoms with E-state index in [1.807, 2.05) is 42.5 Å². The Labute approximate surface area is 192 Å². The maximum Gasteiger partial charge on any atom is 0.243 e. The zero-order chi connectivity index (χ0) is 23.4. The van der Waals surface area contributed by atoms with E-state index < -0.39 is 18.3 Å². The normalized spacial score (nSPS) is 19.0. The van der Waals surface area contributed by atoms with Crippen molar-refractivity contribution < 1.29 is 14.0 Å². The van der Waals surface area contributed by atoms with Gasteiger partial charge in [-0.2, -0.15) is 15.4 Å². The Kier molecular flexibility index (Phi) is 6.82. The van der Waals surface area contributed by atoms with E-state index in [1.54, 1.807) is 0 Å². The minimum Gasteiger partial charge on any atom is -0.343 e. The van der Waals surface area contributed by atoms with E-state index in [0.717, 1.165) is 11.1 Å². The Morgan fingerprint density at radius 3 is 2.39 bits per heavy atom. The van der Waals surface area contributed by atoms with Crippen LogP contribution >= 0.6 is 0 Å². The highest BCUT2D eigenvalue weighted by atomic mass is 19.1. The molecule has 0 saturated carbocycles. The summed E-state index contributed by atoms with van der Waals surface area (Å²) >= 11 is 0. The lowest BCUT2D eigenvalue weighted by molar-refractivity contribution is -0.138. The number of aromatic amines is 1. The van der Waals surface area contributed by atoms with Gasteiger partial charge < -0.3 is 10.2 Å². The van der Waals surface area contributed by atoms with Crippen molar-refractivity contribution >= 4 is 11.8 Å². The van der Waals surface area contributed by atoms with Crippen LogP contribution in [0.4, 0.5) is 4.39 Å². The molecule has 8 heteroatoms. The molecule has 3 unspecified atom stereocenters. The number of hydrogen-bond donors (Lipinski definition) is 2. The molecule has 3 atom stereocenters. The predicted molar refractivity (Wildman–Crippen MR) is 122 cm³/mol. The van der Waals surface area contributed by atoms with Gasteiger partial charge in [-0.1, -0.05) is 68.4 Å². The zero-order valence-electron chi connectivity index (χ0n) is 18.7. The van der Waals surface area contributed by atoms with Gasteiger partial charge in [-0.3, -0.25) is 9.59 Å². The molecule has 0 aliphatic carbocycles. The van der Waals surface area contributed by atoms with Crippen LogP contribution in [-0.2, 0) is 16.0 Å². The molecule has 2 aromatic carbocycles. The summed E-state index contributed by atoms with van der Waals surface area (Å²) in [6.07, 6.45) is 0.139. The summed E-state index contributed by atoms with van der Waals surface area (Å²) in [5, 5.41) is 13.1. The second kappa shape index (κ2) is 9.94. The van der Waals surface area contributed by atoms with Crippen LogP contribution in [0, 0.1) is 0 Å². The van der Waals surface area contributed by atoms with Gasteiger partial charge in [-0.05, 0) is 22.6 Å². The summed E-state index contributed by atoms with van der Waals surface area (Å²) in [6, 6.07) is 16.5. The lowest BCUT2D eigenvalue weighted by Crippen LogP contribution is -2.47. The van der Waals surface area contributed by atoms with Crippen LogP contribution in [-0.4, -0.2) is 50.9 Å². The first kappa shape index (κ1) is 22.6. The van der Waals surface area contributed by atoms with Crippen LogP contribution in [0.5, 0.6) is 0 Å². The molecular weight excluding hydrogens is 421 g/mol. The fourth-order valence-corrected chi connectivity index (χ4v) is 4.19. The van der Waals surface area contributed by atoms with Crippen LogP contribution in [0.3, 0.4) is 0 Å². The summed E-state index contributed by atoms with van der Waals surface area (Å²) in [7, 11) is 0. The number of likely N-dealkylation sites (tertiary alicyclic amines) is 1. The van der Waals surface area contributed by atoms with Gasteiger partial charge in [0.05, 0.1) is 30.9 Å². The van der Waals surface area contributed by atoms with Gasteiger partial charge in [0.25, 0.3) is 0 Å². The van der Waals surface area contributed by atoms with Gasteiger partial charge >= 0.3 is 0 Å². The SMILES string of the molecule is CC(C)c1ccc(C(NC(=O)C2CC(F)CN2C(=O)Cc2cn[nH]n2)c2ccccc2)cc1. The molecule has 3 aromatic rings.